The standard InChI is InChI=1S/C22H21N7O7S4/c1-36-27-14(11-8-38-21(23)24-11)17(32)26-15-18(33)29-16(20(34)35)9(6-37-19(15)29)7-39-22-25-10-4-28(5-13(30)31)3-2-12(10)40-22/h2-3,8,15,19H,4-7H2,1H3,(H2,23,24)(H,26,32)(H,30,31)(H,34,35)/b27-14-/t15?,19-/m1/s1. The fraction of sp³-hybridized carbons (Fsp3) is 0.318. The van der Waals surface area contributed by atoms with Crippen molar-refractivity contribution in [2.45, 2.75) is 22.3 Å². The van der Waals surface area contributed by atoms with Crippen LogP contribution in [0.4, 0.5) is 5.13 Å². The van der Waals surface area contributed by atoms with Crippen molar-refractivity contribution in [2.75, 3.05) is 30.9 Å². The lowest BCUT2D eigenvalue weighted by molar-refractivity contribution is -0.150. The van der Waals surface area contributed by atoms with E-state index in [2.05, 4.69) is 20.4 Å². The minimum absolute atomic E-state index is 0.0985. The Balaban J connectivity index is 1.26. The van der Waals surface area contributed by atoms with Crippen LogP contribution in [0.15, 0.2) is 32.3 Å². The van der Waals surface area contributed by atoms with Gasteiger partial charge in [-0.15, -0.1) is 34.4 Å². The summed E-state index contributed by atoms with van der Waals surface area (Å²) in [4.78, 5) is 66.3. The quantitative estimate of drug-likeness (QED) is 0.126. The molecule has 3 aliphatic rings. The van der Waals surface area contributed by atoms with Crippen molar-refractivity contribution in [1.82, 2.24) is 25.1 Å². The summed E-state index contributed by atoms with van der Waals surface area (Å²) in [5.41, 5.74) is 6.92. The van der Waals surface area contributed by atoms with Crippen molar-refractivity contribution in [3.8, 4) is 0 Å². The molecular formula is C22H21N7O7S4. The predicted octanol–water partition coefficient (Wildman–Crippen LogP) is 0.934. The number of carbonyl (C=O) groups is 4. The van der Waals surface area contributed by atoms with Crippen molar-refractivity contribution in [1.29, 1.82) is 0 Å². The van der Waals surface area contributed by atoms with Gasteiger partial charge in [-0.2, -0.15) is 0 Å². The van der Waals surface area contributed by atoms with Gasteiger partial charge in [0, 0.05) is 23.1 Å². The smallest absolute Gasteiger partial charge is 0.352 e. The van der Waals surface area contributed by atoms with Crippen LogP contribution in [0.1, 0.15) is 16.3 Å². The van der Waals surface area contributed by atoms with Gasteiger partial charge in [0.15, 0.2) is 15.2 Å². The van der Waals surface area contributed by atoms with E-state index in [0.717, 1.165) is 21.9 Å². The van der Waals surface area contributed by atoms with Gasteiger partial charge in [0.05, 0.1) is 17.1 Å². The van der Waals surface area contributed by atoms with E-state index < -0.39 is 35.2 Å². The Kier molecular flexibility index (Phi) is 8.02. The highest BCUT2D eigenvalue weighted by Gasteiger charge is 2.54. The van der Waals surface area contributed by atoms with Gasteiger partial charge in [0.2, 0.25) is 0 Å². The summed E-state index contributed by atoms with van der Waals surface area (Å²) in [5.74, 6) is -2.77. The first-order valence-electron chi connectivity index (χ1n) is 11.5. The van der Waals surface area contributed by atoms with Gasteiger partial charge in [-0.3, -0.25) is 19.3 Å². The monoisotopic (exact) mass is 623 g/mol. The first-order valence-corrected chi connectivity index (χ1v) is 15.2. The first-order chi connectivity index (χ1) is 19.2. The van der Waals surface area contributed by atoms with Crippen molar-refractivity contribution in [2.24, 2.45) is 5.16 Å². The average Bonchev–Trinajstić information content (AvgIpc) is 3.53. The van der Waals surface area contributed by atoms with Crippen molar-refractivity contribution in [3.63, 3.8) is 0 Å². The molecule has 5 N–H and O–H groups in total. The number of aliphatic carboxylic acids is 2. The van der Waals surface area contributed by atoms with Crippen LogP contribution in [0.5, 0.6) is 0 Å². The zero-order chi connectivity index (χ0) is 28.6. The molecule has 40 heavy (non-hydrogen) atoms. The Labute approximate surface area is 243 Å². The minimum atomic E-state index is -1.23. The predicted molar refractivity (Wildman–Crippen MR) is 150 cm³/mol. The third-order valence-electron chi connectivity index (χ3n) is 5.90. The first kappa shape index (κ1) is 27.9. The summed E-state index contributed by atoms with van der Waals surface area (Å²) < 4.78 is 0.712. The molecule has 2 aromatic rings. The Bertz CT molecular complexity index is 1480. The topological polar surface area (TPSA) is 201 Å². The molecule has 5 rings (SSSR count). The summed E-state index contributed by atoms with van der Waals surface area (Å²) >= 11 is 5.26. The Morgan fingerprint density at radius 2 is 2.12 bits per heavy atom. The van der Waals surface area contributed by atoms with Crippen LogP contribution in [0.25, 0.3) is 6.08 Å². The summed E-state index contributed by atoms with van der Waals surface area (Å²) in [5, 5.41) is 26.5. The summed E-state index contributed by atoms with van der Waals surface area (Å²) in [6.07, 6.45) is 3.53. The normalized spacial score (nSPS) is 20.1. The van der Waals surface area contributed by atoms with Gasteiger partial charge in [0.1, 0.15) is 36.5 Å². The molecule has 210 valence electrons. The van der Waals surface area contributed by atoms with Gasteiger partial charge in [-0.05, 0) is 11.6 Å². The number of fused-ring (bicyclic) bond motifs is 2. The molecule has 0 aliphatic carbocycles. The molecule has 0 radical (unpaired) electrons. The lowest BCUT2D eigenvalue weighted by Gasteiger charge is -2.49. The van der Waals surface area contributed by atoms with E-state index in [4.69, 9.17) is 15.7 Å². The van der Waals surface area contributed by atoms with Crippen molar-refractivity contribution < 1.29 is 34.2 Å². The maximum Gasteiger partial charge on any atom is 0.352 e. The fourth-order valence-electron chi connectivity index (χ4n) is 4.19. The zero-order valence-corrected chi connectivity index (χ0v) is 23.9. The van der Waals surface area contributed by atoms with Crippen LogP contribution in [0, 0.1) is 0 Å². The number of oxime groups is 1. The van der Waals surface area contributed by atoms with E-state index in [1.54, 1.807) is 11.1 Å². The number of nitrogens with two attached hydrogens (primary N) is 1. The van der Waals surface area contributed by atoms with Crippen LogP contribution in [0.3, 0.4) is 0 Å². The van der Waals surface area contributed by atoms with Crippen LogP contribution in [-0.2, 0) is 30.6 Å². The highest BCUT2D eigenvalue weighted by atomic mass is 32.2. The summed E-state index contributed by atoms with van der Waals surface area (Å²) in [6.45, 7) is 0.242. The van der Waals surface area contributed by atoms with E-state index in [-0.39, 0.29) is 28.8 Å². The Morgan fingerprint density at radius 1 is 1.32 bits per heavy atom. The van der Waals surface area contributed by atoms with Gasteiger partial charge in [-0.1, -0.05) is 16.9 Å². The largest absolute Gasteiger partial charge is 0.480 e. The van der Waals surface area contributed by atoms with Crippen LogP contribution in [-0.4, -0.2) is 96.0 Å². The number of hydrogen-bond donors (Lipinski definition) is 4. The maximum absolute atomic E-state index is 13.1. The second-order valence-electron chi connectivity index (χ2n) is 8.51. The maximum atomic E-state index is 13.1. The number of rotatable bonds is 10. The number of aromatic nitrogens is 2. The molecule has 5 heterocycles. The molecule has 14 nitrogen and oxygen atoms in total. The second-order valence-corrected chi connectivity index (χ2v) is 12.8. The van der Waals surface area contributed by atoms with Gasteiger partial charge in [0.25, 0.3) is 11.8 Å². The number of nitrogen functional groups attached to an aromatic ring is 1. The lowest BCUT2D eigenvalue weighted by Crippen LogP contribution is -2.71. The highest BCUT2D eigenvalue weighted by Crippen LogP contribution is 2.42. The van der Waals surface area contributed by atoms with E-state index in [1.807, 2.05) is 6.08 Å². The lowest BCUT2D eigenvalue weighted by atomic mass is 10.0. The third-order valence-corrected chi connectivity index (χ3v) is 10.2. The van der Waals surface area contributed by atoms with Gasteiger partial charge in [-0.25, -0.2) is 14.8 Å². The SMILES string of the molecule is CO/N=C(\C(=O)NC1C(=O)N2C(C(=O)O)=C(CSc3nc4c(s3)C=CN(CC(=O)O)C4)CS[C@H]12)c1csc(N)n1. The molecule has 1 unspecified atom stereocenters. The molecule has 0 bridgehead atoms. The molecule has 0 saturated carbocycles. The van der Waals surface area contributed by atoms with Gasteiger partial charge >= 0.3 is 11.9 Å². The van der Waals surface area contributed by atoms with Crippen LogP contribution < -0.4 is 11.1 Å². The summed E-state index contributed by atoms with van der Waals surface area (Å²) in [7, 11) is 1.27. The van der Waals surface area contributed by atoms with E-state index >= 15 is 0 Å². The fourth-order valence-corrected chi connectivity index (χ4v) is 8.31. The molecule has 2 atom stereocenters. The minimum Gasteiger partial charge on any atom is -0.480 e. The molecule has 0 aromatic carbocycles. The van der Waals surface area contributed by atoms with Crippen LogP contribution in [0.2, 0.25) is 0 Å². The summed E-state index contributed by atoms with van der Waals surface area (Å²) in [6, 6.07) is -0.953. The van der Waals surface area contributed by atoms with Crippen molar-refractivity contribution in [3.05, 3.63) is 39.1 Å². The van der Waals surface area contributed by atoms with Gasteiger partial charge < -0.3 is 31.0 Å². The molecule has 1 saturated heterocycles. The number of amides is 2. The molecule has 2 amide bonds. The van der Waals surface area contributed by atoms with Crippen LogP contribution >= 0.6 is 46.2 Å². The molecule has 0 spiro atoms. The van der Waals surface area contributed by atoms with E-state index in [9.17, 15) is 24.3 Å². The molecular weight excluding hydrogens is 603 g/mol. The molecule has 2 aromatic heterocycles. The highest BCUT2D eigenvalue weighted by molar-refractivity contribution is 8.01. The third kappa shape index (κ3) is 5.51. The number of thiazole rings is 2. The van der Waals surface area contributed by atoms with Crippen molar-refractivity contribution >= 4 is 86.9 Å². The Morgan fingerprint density at radius 3 is 2.80 bits per heavy atom. The van der Waals surface area contributed by atoms with E-state index in [1.165, 1.54) is 52.3 Å². The number of nitrogens with one attached hydrogen (secondary N) is 1. The number of carboxylic acid groups (broad SMARTS) is 2. The number of nitrogens with zero attached hydrogens (tertiary/aromatic N) is 5. The van der Waals surface area contributed by atoms with E-state index in [0.29, 0.717) is 28.0 Å². The number of carbonyl (C=O) groups excluding carboxylic acids is 2. The second kappa shape index (κ2) is 11.5. The number of β-lactam (4-membered cyclic amide) rings is 1. The number of hydrogen-bond acceptors (Lipinski definition) is 14. The average molecular weight is 624 g/mol. The Hall–Kier alpha value is -3.61. The molecule has 3 aliphatic heterocycles. The molecule has 1 fully saturated rings. The zero-order valence-electron chi connectivity index (χ0n) is 20.6. The number of anilines is 1. The number of thioether (sulfide) groups is 2. The molecule has 18 heteroatoms. The number of carboxylic acids is 2.